The molecular formula is C48H65N10O15P3. The number of aliphatic hydroxyl groups is 2. The van der Waals surface area contributed by atoms with Gasteiger partial charge in [0.05, 0.1) is 6.61 Å². The summed E-state index contributed by atoms with van der Waals surface area (Å²) in [6, 6.07) is 14.3. The van der Waals surface area contributed by atoms with Crippen molar-refractivity contribution in [3.05, 3.63) is 100 Å². The van der Waals surface area contributed by atoms with Crippen LogP contribution in [0, 0.1) is 0 Å². The lowest BCUT2D eigenvalue weighted by Gasteiger charge is -2.39. The number of benzene rings is 2. The number of nitrogens with zero attached hydrogens (tertiary/aromatic N) is 7. The van der Waals surface area contributed by atoms with Crippen molar-refractivity contribution in [1.82, 2.24) is 29.7 Å². The van der Waals surface area contributed by atoms with E-state index in [1.165, 1.54) is 15.7 Å². The topological polar surface area (TPSA) is 350 Å². The first-order valence-electron chi connectivity index (χ1n) is 24.3. The van der Waals surface area contributed by atoms with E-state index >= 15 is 0 Å². The zero-order valence-electron chi connectivity index (χ0n) is 43.1. The summed E-state index contributed by atoms with van der Waals surface area (Å²) in [5.74, 6) is -0.175. The van der Waals surface area contributed by atoms with E-state index in [-0.39, 0.29) is 46.6 Å². The van der Waals surface area contributed by atoms with Crippen molar-refractivity contribution in [3.8, 4) is 0 Å². The molecule has 3 aliphatic rings. The summed E-state index contributed by atoms with van der Waals surface area (Å²) in [4.78, 5) is 82.3. The van der Waals surface area contributed by atoms with Gasteiger partial charge >= 0.3 is 15.6 Å². The number of fused-ring (bicyclic) bond motifs is 3. The maximum atomic E-state index is 14.3. The van der Waals surface area contributed by atoms with Gasteiger partial charge in [-0.15, -0.1) is 0 Å². The molecule has 25 nitrogen and oxygen atoms in total. The van der Waals surface area contributed by atoms with E-state index in [9.17, 15) is 48.2 Å². The van der Waals surface area contributed by atoms with Crippen LogP contribution in [0.15, 0.2) is 78.2 Å². The summed E-state index contributed by atoms with van der Waals surface area (Å²) < 4.78 is 55.8. The number of carbonyl (C=O) groups is 2. The van der Waals surface area contributed by atoms with Crippen LogP contribution in [0.1, 0.15) is 85.6 Å². The van der Waals surface area contributed by atoms with Gasteiger partial charge in [0.1, 0.15) is 38.7 Å². The Balaban J connectivity index is 0.885. The molecule has 0 spiro atoms. The summed E-state index contributed by atoms with van der Waals surface area (Å²) in [5, 5.41) is 27.9. The van der Waals surface area contributed by atoms with Gasteiger partial charge in [0.2, 0.25) is 11.9 Å². The molecule has 1 aliphatic heterocycles. The van der Waals surface area contributed by atoms with Crippen molar-refractivity contribution in [1.29, 1.82) is 0 Å². The van der Waals surface area contributed by atoms with Gasteiger partial charge in [0.15, 0.2) is 28.9 Å². The number of anilines is 3. The fourth-order valence-corrected chi connectivity index (χ4v) is 12.3. The van der Waals surface area contributed by atoms with Crippen LogP contribution >= 0.6 is 23.5 Å². The largest absolute Gasteiger partial charge is 0.756 e. The molecule has 3 heterocycles. The lowest BCUT2D eigenvalue weighted by molar-refractivity contribution is -0.462. The number of nitrogens with one attached hydrogen (secondary N) is 2. The molecule has 2 aromatic heterocycles. The zero-order valence-corrected chi connectivity index (χ0v) is 45.8. The quantitative estimate of drug-likeness (QED) is 0.0298. The molecule has 0 saturated carbocycles. The molecule has 2 amide bonds. The van der Waals surface area contributed by atoms with Crippen LogP contribution in [0.25, 0.3) is 16.7 Å². The van der Waals surface area contributed by atoms with E-state index < -0.39 is 54.6 Å². The van der Waals surface area contributed by atoms with Crippen LogP contribution in [0.2, 0.25) is 0 Å². The van der Waals surface area contributed by atoms with E-state index in [1.807, 2.05) is 52.5 Å². The molecule has 7 rings (SSSR count). The fraction of sp³-hybridized carbons (Fsp3) is 0.458. The zero-order chi connectivity index (χ0) is 55.5. The summed E-state index contributed by atoms with van der Waals surface area (Å²) in [5.41, 5.74) is 15.1. The predicted molar refractivity (Wildman–Crippen MR) is 280 cm³/mol. The minimum absolute atomic E-state index is 0.0161. The molecule has 4 aromatic rings. The number of hydrogen-bond donors (Lipinski definition) is 8. The van der Waals surface area contributed by atoms with Gasteiger partial charge in [-0.2, -0.15) is 4.31 Å². The number of phosphoric ester groups is 1. The van der Waals surface area contributed by atoms with Crippen molar-refractivity contribution >= 4 is 75.2 Å². The lowest BCUT2D eigenvalue weighted by atomic mass is 9.64. The van der Waals surface area contributed by atoms with E-state index in [1.54, 1.807) is 11.9 Å². The second-order valence-electron chi connectivity index (χ2n) is 19.5. The molecule has 0 bridgehead atoms. The molecule has 1 saturated heterocycles. The number of phosphoric acid groups is 3. The molecule has 0 radical (unpaired) electrons. The molecule has 9 N–H and O–H groups in total. The summed E-state index contributed by atoms with van der Waals surface area (Å²) in [6.07, 6.45) is 4.62. The number of aliphatic hydroxyl groups excluding tert-OH is 2. The number of nitrogens with two attached hydrogens (primary N) is 1. The molecule has 2 aliphatic carbocycles. The molecule has 3 unspecified atom stereocenters. The van der Waals surface area contributed by atoms with E-state index in [2.05, 4.69) is 98.5 Å². The maximum Gasteiger partial charge on any atom is 0.487 e. The van der Waals surface area contributed by atoms with Crippen LogP contribution < -0.4 is 26.2 Å². The van der Waals surface area contributed by atoms with Gasteiger partial charge in [-0.05, 0) is 76.9 Å². The average molecular weight is 1120 g/mol. The number of imidazole rings is 1. The van der Waals surface area contributed by atoms with Gasteiger partial charge in [-0.3, -0.25) is 23.2 Å². The Morgan fingerprint density at radius 3 is 2.33 bits per heavy atom. The predicted octanol–water partition coefficient (Wildman–Crippen LogP) is 3.75. The van der Waals surface area contributed by atoms with Crippen LogP contribution in [0.3, 0.4) is 0 Å². The highest BCUT2D eigenvalue weighted by atomic mass is 31.3. The summed E-state index contributed by atoms with van der Waals surface area (Å²) in [6.45, 7) is 4.63. The molecule has 1 fully saturated rings. The molecule has 28 heteroatoms. The highest BCUT2D eigenvalue weighted by Crippen LogP contribution is 2.65. The highest BCUT2D eigenvalue weighted by Gasteiger charge is 2.48. The number of nitrogen functional groups attached to an aromatic ring is 1. The number of hydrogen-bond acceptors (Lipinski definition) is 18. The van der Waals surface area contributed by atoms with Gasteiger partial charge in [0.25, 0.3) is 13.7 Å². The minimum Gasteiger partial charge on any atom is -0.756 e. The SMILES string of the molecule is CN(CCCC(=O)NCCCCCCNc1nc2c(N)ncnc2n1[C@@H]1O[C@H](COP(=O)(O)OP(=O)(O)OP(=O)([O-])O)[C@@H](O)[C@H]1O)C(=O)c1ccccc1C1=C2C=CC(=[N+](C)C)C=C2C(C)(C)c2cc(N(C)C)ccc21. The number of rotatable bonds is 23. The van der Waals surface area contributed by atoms with Gasteiger partial charge in [0, 0.05) is 76.0 Å². The van der Waals surface area contributed by atoms with Crippen molar-refractivity contribution in [3.63, 3.8) is 0 Å². The van der Waals surface area contributed by atoms with Crippen molar-refractivity contribution in [2.45, 2.75) is 82.3 Å². The molecule has 412 valence electrons. The molecule has 7 atom stereocenters. The number of ether oxygens (including phenoxy) is 1. The van der Waals surface area contributed by atoms with Gasteiger partial charge in [-0.1, -0.05) is 51.0 Å². The first-order valence-corrected chi connectivity index (χ1v) is 28.8. The molecular weight excluding hydrogens is 1050 g/mol. The third kappa shape index (κ3) is 13.4. The normalized spacial score (nSPS) is 21.2. The van der Waals surface area contributed by atoms with Crippen molar-refractivity contribution in [2.75, 3.05) is 77.4 Å². The van der Waals surface area contributed by atoms with Crippen LogP contribution in [0.4, 0.5) is 17.5 Å². The third-order valence-corrected chi connectivity index (χ3v) is 17.0. The van der Waals surface area contributed by atoms with Gasteiger partial charge in [-0.25, -0.2) is 33.0 Å². The lowest BCUT2D eigenvalue weighted by Crippen LogP contribution is -2.33. The summed E-state index contributed by atoms with van der Waals surface area (Å²) in [7, 11) is -7.48. The van der Waals surface area contributed by atoms with Crippen LogP contribution in [-0.4, -0.2) is 151 Å². The standard InChI is InChI=1S/C48H65N10O15P3/c1-48(2)35-25-29(55(3)4)18-20-33(35)39(34-21-19-30(56(5)6)26-36(34)48)31-15-10-11-16-32(31)45(62)57(7)24-14-17-38(59)50-22-12-8-9-13-23-51-47-54-40-43(49)52-28-53-44(40)58(47)46-42(61)41(60)37(71-46)27-70-75(66,67)73-76(68,69)72-74(63,64)65/h10-11,15-16,18-21,25-26,28,37,41-42,46,49,60-61H,8-9,12-14,17,22-24,27H2,1-7H3,(H6,50,59,62,63,64,65,66,67,68,69)/t37-,41-,42-,46-/m1/s1. The van der Waals surface area contributed by atoms with Crippen LogP contribution in [0.5, 0.6) is 0 Å². The Hall–Kier alpha value is -5.49. The monoisotopic (exact) mass is 1110 g/mol. The Labute approximate surface area is 439 Å². The first-order chi connectivity index (χ1) is 35.7. The number of allylic oxidation sites excluding steroid dienone is 5. The van der Waals surface area contributed by atoms with E-state index in [4.69, 9.17) is 15.4 Å². The van der Waals surface area contributed by atoms with Crippen molar-refractivity contribution in [2.24, 2.45) is 0 Å². The average Bonchev–Trinajstić information content (AvgIpc) is 3.85. The van der Waals surface area contributed by atoms with Crippen LogP contribution in [-0.2, 0) is 41.8 Å². The first kappa shape index (κ1) is 58.2. The highest BCUT2D eigenvalue weighted by molar-refractivity contribution is 7.66. The second-order valence-corrected chi connectivity index (χ2v) is 23.8. The Bertz CT molecular complexity index is 3130. The smallest absolute Gasteiger partial charge is 0.487 e. The number of amides is 2. The number of unbranched alkanes of at least 4 members (excludes halogenated alkanes) is 3. The minimum atomic E-state index is -5.88. The maximum absolute atomic E-state index is 14.3. The number of aromatic nitrogens is 4. The van der Waals surface area contributed by atoms with E-state index in [0.717, 1.165) is 52.8 Å². The number of carbonyl (C=O) groups excluding carboxylic acids is 2. The summed E-state index contributed by atoms with van der Waals surface area (Å²) >= 11 is 0. The molecule has 2 aromatic carbocycles. The molecule has 76 heavy (non-hydrogen) atoms. The Morgan fingerprint density at radius 2 is 1.63 bits per heavy atom. The van der Waals surface area contributed by atoms with E-state index in [0.29, 0.717) is 44.5 Å². The van der Waals surface area contributed by atoms with Gasteiger partial charge < -0.3 is 60.7 Å². The fourth-order valence-electron chi connectivity index (χ4n) is 9.30. The van der Waals surface area contributed by atoms with Crippen molar-refractivity contribution < 1.29 is 75.5 Å². The third-order valence-electron chi connectivity index (χ3n) is 13.2. The second kappa shape index (κ2) is 23.6. The Kier molecular flexibility index (Phi) is 18.1. The Morgan fingerprint density at radius 1 is 0.921 bits per heavy atom.